The van der Waals surface area contributed by atoms with Crippen molar-refractivity contribution in [3.05, 3.63) is 29.8 Å². The Hall–Kier alpha value is -1.82. The average molecular weight is 276 g/mol. The molecule has 0 aromatic heterocycles. The Morgan fingerprint density at radius 3 is 2.84 bits per heavy atom. The van der Waals surface area contributed by atoms with Gasteiger partial charge in [0, 0.05) is 19.0 Å². The van der Waals surface area contributed by atoms with Gasteiger partial charge in [-0.25, -0.2) is 8.42 Å². The van der Waals surface area contributed by atoms with Crippen molar-refractivity contribution in [3.63, 3.8) is 0 Å². The van der Waals surface area contributed by atoms with Crippen molar-refractivity contribution in [2.24, 2.45) is 0 Å². The molecule has 5 heteroatoms. The van der Waals surface area contributed by atoms with Crippen LogP contribution in [0.3, 0.4) is 0 Å². The highest BCUT2D eigenvalue weighted by Crippen LogP contribution is 2.12. The van der Waals surface area contributed by atoms with Crippen molar-refractivity contribution in [1.29, 1.82) is 5.26 Å². The van der Waals surface area contributed by atoms with E-state index in [1.807, 2.05) is 13.0 Å². The van der Waals surface area contributed by atoms with Crippen LogP contribution < -0.4 is 5.32 Å². The molecule has 0 spiro atoms. The summed E-state index contributed by atoms with van der Waals surface area (Å²) >= 11 is 0. The molecule has 1 aromatic carbocycles. The van der Waals surface area contributed by atoms with Gasteiger partial charge in [0.15, 0.2) is 9.84 Å². The zero-order valence-electron chi connectivity index (χ0n) is 10.8. The SMILES string of the molecule is C#CCC(C)NCCS(=O)(=O)c1cccc(C#N)c1. The Labute approximate surface area is 114 Å². The smallest absolute Gasteiger partial charge is 0.179 e. The number of nitrogens with one attached hydrogen (secondary N) is 1. The van der Waals surface area contributed by atoms with Crippen LogP contribution in [0.1, 0.15) is 18.9 Å². The van der Waals surface area contributed by atoms with Crippen LogP contribution in [0.4, 0.5) is 0 Å². The number of terminal acetylenes is 1. The second kappa shape index (κ2) is 6.94. The first-order valence-corrected chi connectivity index (χ1v) is 7.54. The van der Waals surface area contributed by atoms with E-state index in [4.69, 9.17) is 11.7 Å². The molecule has 0 aliphatic rings. The van der Waals surface area contributed by atoms with Gasteiger partial charge in [-0.1, -0.05) is 6.07 Å². The predicted molar refractivity (Wildman–Crippen MR) is 74.1 cm³/mol. The van der Waals surface area contributed by atoms with Crippen LogP contribution in [-0.2, 0) is 9.84 Å². The molecule has 0 amide bonds. The molecule has 1 rings (SSSR count). The number of rotatable bonds is 6. The summed E-state index contributed by atoms with van der Waals surface area (Å²) < 4.78 is 24.1. The largest absolute Gasteiger partial charge is 0.312 e. The summed E-state index contributed by atoms with van der Waals surface area (Å²) in [6.45, 7) is 2.24. The highest BCUT2D eigenvalue weighted by molar-refractivity contribution is 7.91. The van der Waals surface area contributed by atoms with E-state index < -0.39 is 9.84 Å². The van der Waals surface area contributed by atoms with E-state index in [-0.39, 0.29) is 16.7 Å². The van der Waals surface area contributed by atoms with Crippen molar-refractivity contribution in [2.45, 2.75) is 24.3 Å². The lowest BCUT2D eigenvalue weighted by atomic mass is 10.2. The molecule has 0 heterocycles. The Kier molecular flexibility index (Phi) is 5.57. The Morgan fingerprint density at radius 1 is 1.47 bits per heavy atom. The maximum Gasteiger partial charge on any atom is 0.179 e. The third kappa shape index (κ3) is 4.75. The van der Waals surface area contributed by atoms with Gasteiger partial charge in [0.1, 0.15) is 0 Å². The van der Waals surface area contributed by atoms with E-state index in [0.29, 0.717) is 18.5 Å². The maximum atomic E-state index is 12.0. The van der Waals surface area contributed by atoms with Crippen molar-refractivity contribution in [3.8, 4) is 18.4 Å². The summed E-state index contributed by atoms with van der Waals surface area (Å²) in [5.74, 6) is 2.50. The molecule has 1 aromatic rings. The van der Waals surface area contributed by atoms with Gasteiger partial charge in [-0.15, -0.1) is 12.3 Å². The summed E-state index contributed by atoms with van der Waals surface area (Å²) in [6, 6.07) is 8.05. The topological polar surface area (TPSA) is 70.0 Å². The zero-order valence-corrected chi connectivity index (χ0v) is 11.6. The minimum absolute atomic E-state index is 0.0171. The fraction of sp³-hybridized carbons (Fsp3) is 0.357. The van der Waals surface area contributed by atoms with Gasteiger partial charge in [0.25, 0.3) is 0 Å². The van der Waals surface area contributed by atoms with Crippen molar-refractivity contribution >= 4 is 9.84 Å². The highest BCUT2D eigenvalue weighted by Gasteiger charge is 2.14. The molecule has 0 aliphatic carbocycles. The van der Waals surface area contributed by atoms with Crippen LogP contribution in [0, 0.1) is 23.7 Å². The highest BCUT2D eigenvalue weighted by atomic mass is 32.2. The van der Waals surface area contributed by atoms with Gasteiger partial charge in [-0.2, -0.15) is 5.26 Å². The second-order valence-corrected chi connectivity index (χ2v) is 6.33. The Balaban J connectivity index is 2.67. The molecule has 0 aliphatic heterocycles. The average Bonchev–Trinajstić information content (AvgIpc) is 2.39. The Bertz CT molecular complexity index is 609. The van der Waals surface area contributed by atoms with Gasteiger partial charge >= 0.3 is 0 Å². The van der Waals surface area contributed by atoms with E-state index in [9.17, 15) is 8.42 Å². The van der Waals surface area contributed by atoms with Gasteiger partial charge < -0.3 is 5.32 Å². The molecule has 4 nitrogen and oxygen atoms in total. The quantitative estimate of drug-likeness (QED) is 0.796. The molecule has 0 radical (unpaired) electrons. The van der Waals surface area contributed by atoms with E-state index >= 15 is 0 Å². The number of sulfone groups is 1. The number of hydrogen-bond acceptors (Lipinski definition) is 4. The molecule has 0 saturated heterocycles. The lowest BCUT2D eigenvalue weighted by Crippen LogP contribution is -2.30. The second-order valence-electron chi connectivity index (χ2n) is 4.22. The lowest BCUT2D eigenvalue weighted by molar-refractivity contribution is 0.564. The fourth-order valence-electron chi connectivity index (χ4n) is 1.57. The Morgan fingerprint density at radius 2 is 2.21 bits per heavy atom. The van der Waals surface area contributed by atoms with Crippen LogP contribution >= 0.6 is 0 Å². The van der Waals surface area contributed by atoms with E-state index in [0.717, 1.165) is 0 Å². The lowest BCUT2D eigenvalue weighted by Gasteiger charge is -2.11. The molecule has 19 heavy (non-hydrogen) atoms. The van der Waals surface area contributed by atoms with Crippen molar-refractivity contribution in [2.75, 3.05) is 12.3 Å². The van der Waals surface area contributed by atoms with Gasteiger partial charge in [0.2, 0.25) is 0 Å². The summed E-state index contributed by atoms with van der Waals surface area (Å²) in [6.07, 6.45) is 5.73. The van der Waals surface area contributed by atoms with Crippen molar-refractivity contribution < 1.29 is 8.42 Å². The molecule has 1 unspecified atom stereocenters. The number of nitrogens with zero attached hydrogens (tertiary/aromatic N) is 1. The molecule has 0 fully saturated rings. The van der Waals surface area contributed by atoms with Gasteiger partial charge in [-0.3, -0.25) is 0 Å². The van der Waals surface area contributed by atoms with Crippen LogP contribution in [0.5, 0.6) is 0 Å². The first-order valence-electron chi connectivity index (χ1n) is 5.89. The minimum Gasteiger partial charge on any atom is -0.312 e. The normalized spacial score (nSPS) is 12.4. The van der Waals surface area contributed by atoms with Crippen LogP contribution in [0.25, 0.3) is 0 Å². The fourth-order valence-corrected chi connectivity index (χ4v) is 2.78. The first kappa shape index (κ1) is 15.2. The first-order chi connectivity index (χ1) is 8.99. The standard InChI is InChI=1S/C14H16N2O2S/c1-3-5-12(2)16-8-9-19(17,18)14-7-4-6-13(10-14)11-15/h1,4,6-7,10,12,16H,5,8-9H2,2H3. The number of nitriles is 1. The molecule has 0 bridgehead atoms. The minimum atomic E-state index is -3.37. The summed E-state index contributed by atoms with van der Waals surface area (Å²) in [4.78, 5) is 0.179. The van der Waals surface area contributed by atoms with Gasteiger partial charge in [-0.05, 0) is 25.1 Å². The van der Waals surface area contributed by atoms with Crippen LogP contribution in [-0.4, -0.2) is 26.8 Å². The van der Waals surface area contributed by atoms with E-state index in [1.165, 1.54) is 12.1 Å². The molecule has 0 saturated carbocycles. The molecule has 1 atom stereocenters. The van der Waals surface area contributed by atoms with Gasteiger partial charge in [0.05, 0.1) is 22.3 Å². The van der Waals surface area contributed by atoms with E-state index in [2.05, 4.69) is 11.2 Å². The predicted octanol–water partition coefficient (Wildman–Crippen LogP) is 1.33. The third-order valence-electron chi connectivity index (χ3n) is 2.61. The van der Waals surface area contributed by atoms with E-state index in [1.54, 1.807) is 12.1 Å². The summed E-state index contributed by atoms with van der Waals surface area (Å²) in [7, 11) is -3.37. The van der Waals surface area contributed by atoms with Crippen LogP contribution in [0.15, 0.2) is 29.2 Å². The molecule has 1 N–H and O–H groups in total. The molecular weight excluding hydrogens is 260 g/mol. The summed E-state index contributed by atoms with van der Waals surface area (Å²) in [5.41, 5.74) is 0.342. The number of benzene rings is 1. The monoisotopic (exact) mass is 276 g/mol. The maximum absolute atomic E-state index is 12.0. The molecule has 100 valence electrons. The summed E-state index contributed by atoms with van der Waals surface area (Å²) in [5, 5.41) is 11.8. The van der Waals surface area contributed by atoms with Crippen molar-refractivity contribution in [1.82, 2.24) is 5.32 Å². The third-order valence-corrected chi connectivity index (χ3v) is 4.32. The number of hydrogen-bond donors (Lipinski definition) is 1. The molecular formula is C14H16N2O2S. The van der Waals surface area contributed by atoms with Crippen LogP contribution in [0.2, 0.25) is 0 Å². The zero-order chi connectivity index (χ0) is 14.3.